The van der Waals surface area contributed by atoms with E-state index in [-0.39, 0.29) is 42.4 Å². The van der Waals surface area contributed by atoms with Gasteiger partial charge in [-0.05, 0) is 81.8 Å². The number of pyridine rings is 1. The molecule has 1 saturated heterocycles. The summed E-state index contributed by atoms with van der Waals surface area (Å²) in [4.78, 5) is 53.8. The molecule has 0 bridgehead atoms. The van der Waals surface area contributed by atoms with E-state index in [1.807, 2.05) is 33.8 Å². The normalized spacial score (nSPS) is 13.3. The van der Waals surface area contributed by atoms with Crippen LogP contribution in [0.3, 0.4) is 0 Å². The molecule has 3 N–H and O–H groups in total. The van der Waals surface area contributed by atoms with E-state index in [4.69, 9.17) is 4.74 Å². The van der Waals surface area contributed by atoms with Gasteiger partial charge >= 0.3 is 6.09 Å². The average molecular weight is 582 g/mol. The van der Waals surface area contributed by atoms with Gasteiger partial charge in [0.2, 0.25) is 17.7 Å². The number of nitrogens with one attached hydrogen (secondary N) is 3. The van der Waals surface area contributed by atoms with Gasteiger partial charge < -0.3 is 25.6 Å². The predicted molar refractivity (Wildman–Crippen MR) is 165 cm³/mol. The highest BCUT2D eigenvalue weighted by molar-refractivity contribution is 5.96. The Balaban J connectivity index is 0.000000395. The predicted octanol–water partition coefficient (Wildman–Crippen LogP) is 5.33. The summed E-state index contributed by atoms with van der Waals surface area (Å²) in [6, 6.07) is 10.8. The second kappa shape index (κ2) is 15.9. The van der Waals surface area contributed by atoms with Crippen molar-refractivity contribution < 1.29 is 23.9 Å². The molecule has 1 aliphatic heterocycles. The molecule has 2 aromatic rings. The van der Waals surface area contributed by atoms with Gasteiger partial charge in [-0.15, -0.1) is 0 Å². The molecule has 0 saturated carbocycles. The number of nitrogens with zero attached hydrogens (tertiary/aromatic N) is 2. The lowest BCUT2D eigenvalue weighted by Crippen LogP contribution is -2.39. The molecule has 4 amide bonds. The van der Waals surface area contributed by atoms with Crippen LogP contribution in [0.25, 0.3) is 0 Å². The molecule has 0 spiro atoms. The van der Waals surface area contributed by atoms with Crippen molar-refractivity contribution in [3.05, 3.63) is 53.7 Å². The molecule has 1 fully saturated rings. The minimum Gasteiger partial charge on any atom is -0.444 e. The van der Waals surface area contributed by atoms with Crippen molar-refractivity contribution in [3.8, 4) is 0 Å². The lowest BCUT2D eigenvalue weighted by Gasteiger charge is -2.29. The van der Waals surface area contributed by atoms with Crippen LogP contribution >= 0.6 is 0 Å². The summed E-state index contributed by atoms with van der Waals surface area (Å²) in [7, 11) is 0. The number of hydrogen-bond donors (Lipinski definition) is 3. The number of likely N-dealkylation sites (tertiary alicyclic amines) is 1. The molecule has 3 rings (SSSR count). The Morgan fingerprint density at radius 3 is 2.14 bits per heavy atom. The van der Waals surface area contributed by atoms with Crippen LogP contribution in [0.1, 0.15) is 78.9 Å². The Labute approximate surface area is 250 Å². The number of hydrogen-bond acceptors (Lipinski definition) is 6. The van der Waals surface area contributed by atoms with E-state index < -0.39 is 5.41 Å². The van der Waals surface area contributed by atoms with Gasteiger partial charge in [-0.2, -0.15) is 0 Å². The molecule has 10 nitrogen and oxygen atoms in total. The van der Waals surface area contributed by atoms with Gasteiger partial charge in [0.15, 0.2) is 0 Å². The summed E-state index contributed by atoms with van der Waals surface area (Å²) >= 11 is 0. The first kappa shape index (κ1) is 34.3. The van der Waals surface area contributed by atoms with Gasteiger partial charge in [0.1, 0.15) is 11.4 Å². The number of rotatable bonds is 7. The molecule has 2 heterocycles. The highest BCUT2D eigenvalue weighted by Crippen LogP contribution is 2.19. The largest absolute Gasteiger partial charge is 0.444 e. The van der Waals surface area contributed by atoms with Gasteiger partial charge in [-0.3, -0.25) is 14.4 Å². The Hall–Kier alpha value is -3.95. The third-order valence-corrected chi connectivity index (χ3v) is 6.25. The number of anilines is 2. The first-order chi connectivity index (χ1) is 19.7. The number of aromatic nitrogens is 1. The van der Waals surface area contributed by atoms with E-state index in [0.29, 0.717) is 11.5 Å². The second-order valence-corrected chi connectivity index (χ2v) is 12.3. The molecule has 0 radical (unpaired) electrons. The average Bonchev–Trinajstić information content (AvgIpc) is 2.92. The van der Waals surface area contributed by atoms with Crippen molar-refractivity contribution in [1.29, 1.82) is 0 Å². The molecule has 1 aliphatic rings. The van der Waals surface area contributed by atoms with Gasteiger partial charge in [-0.1, -0.05) is 39.8 Å². The lowest BCUT2D eigenvalue weighted by atomic mass is 9.96. The summed E-state index contributed by atoms with van der Waals surface area (Å²) in [5.41, 5.74) is 1.52. The molecular formula is C32H47N5O5. The SMILES string of the molecule is CC(C)(C)OC(=O)N1CCCCC1.CCc1ccc(NC(=O)CNC(=O)C(C)(C)C)cc1CC(=O)Nc1ccccn1. The van der Waals surface area contributed by atoms with Crippen LogP contribution in [0.4, 0.5) is 16.3 Å². The Kier molecular flexibility index (Phi) is 13.0. The summed E-state index contributed by atoms with van der Waals surface area (Å²) in [6.45, 7) is 14.7. The Morgan fingerprint density at radius 1 is 0.881 bits per heavy atom. The molecule has 10 heteroatoms. The van der Waals surface area contributed by atoms with Crippen LogP contribution in [-0.2, 0) is 32.0 Å². The van der Waals surface area contributed by atoms with Crippen molar-refractivity contribution in [2.24, 2.45) is 5.41 Å². The highest BCUT2D eigenvalue weighted by Gasteiger charge is 2.23. The molecule has 1 aromatic heterocycles. The molecular weight excluding hydrogens is 534 g/mol. The molecule has 230 valence electrons. The minimum absolute atomic E-state index is 0.110. The van der Waals surface area contributed by atoms with Gasteiger partial charge in [0.05, 0.1) is 13.0 Å². The van der Waals surface area contributed by atoms with Crippen LogP contribution < -0.4 is 16.0 Å². The minimum atomic E-state index is -0.558. The Bertz CT molecular complexity index is 1200. The number of amides is 4. The van der Waals surface area contributed by atoms with Crippen molar-refractivity contribution >= 4 is 35.3 Å². The van der Waals surface area contributed by atoms with E-state index in [9.17, 15) is 19.2 Å². The number of aryl methyl sites for hydroxylation is 1. The zero-order valence-corrected chi connectivity index (χ0v) is 26.1. The molecule has 0 atom stereocenters. The summed E-state index contributed by atoms with van der Waals surface area (Å²) < 4.78 is 5.26. The number of ether oxygens (including phenoxy) is 1. The fourth-order valence-corrected chi connectivity index (χ4v) is 4.04. The summed E-state index contributed by atoms with van der Waals surface area (Å²) in [5, 5.41) is 8.15. The summed E-state index contributed by atoms with van der Waals surface area (Å²) in [5.74, 6) is -0.203. The monoisotopic (exact) mass is 581 g/mol. The van der Waals surface area contributed by atoms with E-state index in [0.717, 1.165) is 43.5 Å². The maximum absolute atomic E-state index is 12.4. The topological polar surface area (TPSA) is 130 Å². The van der Waals surface area contributed by atoms with Crippen molar-refractivity contribution in [1.82, 2.24) is 15.2 Å². The number of carbonyl (C=O) groups is 4. The third kappa shape index (κ3) is 12.7. The van der Waals surface area contributed by atoms with E-state index in [1.165, 1.54) is 6.42 Å². The Morgan fingerprint density at radius 2 is 1.57 bits per heavy atom. The fraction of sp³-hybridized carbons (Fsp3) is 0.531. The van der Waals surface area contributed by atoms with Gasteiger partial charge in [0.25, 0.3) is 0 Å². The smallest absolute Gasteiger partial charge is 0.410 e. The van der Waals surface area contributed by atoms with Crippen molar-refractivity contribution in [3.63, 3.8) is 0 Å². The number of carbonyl (C=O) groups excluding carboxylic acids is 4. The quantitative estimate of drug-likeness (QED) is 0.405. The lowest BCUT2D eigenvalue weighted by molar-refractivity contribution is -0.130. The highest BCUT2D eigenvalue weighted by atomic mass is 16.6. The first-order valence-corrected chi connectivity index (χ1v) is 14.6. The van der Waals surface area contributed by atoms with Gasteiger partial charge in [0, 0.05) is 30.4 Å². The zero-order chi connectivity index (χ0) is 31.3. The van der Waals surface area contributed by atoms with Crippen LogP contribution in [0.5, 0.6) is 0 Å². The maximum Gasteiger partial charge on any atom is 0.410 e. The molecule has 1 aromatic carbocycles. The molecule has 0 unspecified atom stereocenters. The maximum atomic E-state index is 12.4. The molecule has 42 heavy (non-hydrogen) atoms. The van der Waals surface area contributed by atoms with Crippen LogP contribution in [0.15, 0.2) is 42.6 Å². The van der Waals surface area contributed by atoms with Crippen molar-refractivity contribution in [2.75, 3.05) is 30.3 Å². The fourth-order valence-electron chi connectivity index (χ4n) is 4.04. The third-order valence-electron chi connectivity index (χ3n) is 6.25. The summed E-state index contributed by atoms with van der Waals surface area (Å²) in [6.07, 6.45) is 5.85. The second-order valence-electron chi connectivity index (χ2n) is 12.3. The zero-order valence-electron chi connectivity index (χ0n) is 26.1. The standard InChI is InChI=1S/C22H28N4O3.C10H19NO2/c1-5-15-9-10-17(25-20(28)14-24-21(29)22(2,3)4)12-16(15)13-19(27)26-18-8-6-7-11-23-18;1-10(2,3)13-9(12)11-7-5-4-6-8-11/h6-12H,5,13-14H2,1-4H3,(H,24,29)(H,25,28)(H,23,26,27);4-8H2,1-3H3. The number of benzene rings is 1. The van der Waals surface area contributed by atoms with E-state index in [1.54, 1.807) is 62.2 Å². The van der Waals surface area contributed by atoms with Gasteiger partial charge in [-0.25, -0.2) is 9.78 Å². The van der Waals surface area contributed by atoms with E-state index in [2.05, 4.69) is 20.9 Å². The van der Waals surface area contributed by atoms with E-state index >= 15 is 0 Å². The van der Waals surface area contributed by atoms with Crippen molar-refractivity contribution in [2.45, 2.75) is 86.2 Å². The van der Waals surface area contributed by atoms with Crippen LogP contribution in [0, 0.1) is 5.41 Å². The molecule has 0 aliphatic carbocycles. The van der Waals surface area contributed by atoms with Crippen LogP contribution in [-0.4, -0.2) is 58.9 Å². The van der Waals surface area contributed by atoms with Crippen LogP contribution in [0.2, 0.25) is 0 Å². The number of piperidine rings is 1. The first-order valence-electron chi connectivity index (χ1n) is 14.6.